The van der Waals surface area contributed by atoms with E-state index >= 15 is 0 Å². The fraction of sp³-hybridized carbons (Fsp3) is 0.200. The minimum Gasteiger partial charge on any atom is -0.491 e. The summed E-state index contributed by atoms with van der Waals surface area (Å²) in [5.74, 6) is 0.632. The molecule has 1 amide bonds. The summed E-state index contributed by atoms with van der Waals surface area (Å²) in [6.45, 7) is 2.23. The minimum absolute atomic E-state index is 0.139. The third kappa shape index (κ3) is 2.18. The van der Waals surface area contributed by atoms with Gasteiger partial charge in [0.15, 0.2) is 0 Å². The zero-order chi connectivity index (χ0) is 14.1. The average molecular weight is 269 g/mol. The maximum absolute atomic E-state index is 12.3. The molecule has 1 aliphatic rings. The highest BCUT2D eigenvalue weighted by Crippen LogP contribution is 2.31. The van der Waals surface area contributed by atoms with E-state index in [-0.39, 0.29) is 11.9 Å². The van der Waals surface area contributed by atoms with Gasteiger partial charge in [0.1, 0.15) is 12.4 Å². The second-order valence-electron chi connectivity index (χ2n) is 4.78. The third-order valence-corrected chi connectivity index (χ3v) is 3.36. The number of amides is 1. The van der Waals surface area contributed by atoms with Crippen molar-refractivity contribution >= 4 is 11.6 Å². The van der Waals surface area contributed by atoms with Crippen molar-refractivity contribution in [3.05, 3.63) is 53.3 Å². The molecular formula is C15H15N3O2. The molecule has 1 aliphatic heterocycles. The van der Waals surface area contributed by atoms with Crippen LogP contribution in [0, 0.1) is 6.92 Å². The molecule has 102 valence electrons. The molecule has 0 aliphatic carbocycles. The summed E-state index contributed by atoms with van der Waals surface area (Å²) in [6.07, 6.45) is 1.54. The fourth-order valence-corrected chi connectivity index (χ4v) is 2.30. The summed E-state index contributed by atoms with van der Waals surface area (Å²) in [6, 6.07) is 9.19. The average Bonchev–Trinajstić information content (AvgIpc) is 2.85. The van der Waals surface area contributed by atoms with Crippen molar-refractivity contribution in [2.24, 2.45) is 0 Å². The highest BCUT2D eigenvalue weighted by molar-refractivity contribution is 5.96. The third-order valence-electron chi connectivity index (χ3n) is 3.36. The van der Waals surface area contributed by atoms with E-state index in [4.69, 9.17) is 10.5 Å². The van der Waals surface area contributed by atoms with E-state index in [9.17, 15) is 4.79 Å². The number of anilines is 1. The van der Waals surface area contributed by atoms with Crippen molar-refractivity contribution in [2.45, 2.75) is 13.0 Å². The molecule has 2 heterocycles. The molecule has 0 bridgehead atoms. The van der Waals surface area contributed by atoms with Gasteiger partial charge in [-0.3, -0.25) is 9.78 Å². The molecule has 20 heavy (non-hydrogen) atoms. The lowest BCUT2D eigenvalue weighted by molar-refractivity contribution is 0.0929. The smallest absolute Gasteiger partial charge is 0.253 e. The van der Waals surface area contributed by atoms with Crippen molar-refractivity contribution in [3.63, 3.8) is 0 Å². The van der Waals surface area contributed by atoms with Gasteiger partial charge in [-0.25, -0.2) is 0 Å². The van der Waals surface area contributed by atoms with Crippen LogP contribution in [0.4, 0.5) is 5.69 Å². The van der Waals surface area contributed by atoms with Gasteiger partial charge in [0, 0.05) is 5.56 Å². The van der Waals surface area contributed by atoms with E-state index < -0.39 is 0 Å². The van der Waals surface area contributed by atoms with E-state index in [0.717, 1.165) is 11.3 Å². The summed E-state index contributed by atoms with van der Waals surface area (Å²) < 4.78 is 5.55. The molecular weight excluding hydrogens is 254 g/mol. The van der Waals surface area contributed by atoms with Crippen LogP contribution in [-0.2, 0) is 0 Å². The number of fused-ring (bicyclic) bond motifs is 1. The first-order chi connectivity index (χ1) is 9.65. The molecule has 0 saturated heterocycles. The van der Waals surface area contributed by atoms with Crippen LogP contribution in [0.5, 0.6) is 5.75 Å². The highest BCUT2D eigenvalue weighted by Gasteiger charge is 2.26. The van der Waals surface area contributed by atoms with Crippen LogP contribution in [0.1, 0.15) is 27.7 Å². The van der Waals surface area contributed by atoms with Crippen molar-refractivity contribution < 1.29 is 9.53 Å². The zero-order valence-electron chi connectivity index (χ0n) is 11.1. The monoisotopic (exact) mass is 269 g/mol. The van der Waals surface area contributed by atoms with Crippen LogP contribution >= 0.6 is 0 Å². The quantitative estimate of drug-likeness (QED) is 0.872. The fourth-order valence-electron chi connectivity index (χ4n) is 2.30. The molecule has 0 spiro atoms. The zero-order valence-corrected chi connectivity index (χ0v) is 11.1. The minimum atomic E-state index is -0.187. The summed E-state index contributed by atoms with van der Waals surface area (Å²) in [4.78, 5) is 16.4. The number of ether oxygens (including phenoxy) is 1. The molecule has 5 nitrogen and oxygen atoms in total. The summed E-state index contributed by atoms with van der Waals surface area (Å²) in [7, 11) is 0. The Morgan fingerprint density at radius 1 is 1.45 bits per heavy atom. The number of carbonyl (C=O) groups excluding carboxylic acids is 1. The lowest BCUT2D eigenvalue weighted by atomic mass is 10.1. The molecule has 3 N–H and O–H groups in total. The van der Waals surface area contributed by atoms with E-state index in [1.807, 2.05) is 24.3 Å². The number of aromatic nitrogens is 1. The van der Waals surface area contributed by atoms with Crippen molar-refractivity contribution in [1.82, 2.24) is 10.3 Å². The highest BCUT2D eigenvalue weighted by atomic mass is 16.5. The van der Waals surface area contributed by atoms with Gasteiger partial charge in [-0.1, -0.05) is 18.2 Å². The maximum atomic E-state index is 12.3. The molecule has 0 saturated carbocycles. The maximum Gasteiger partial charge on any atom is 0.253 e. The van der Waals surface area contributed by atoms with Crippen molar-refractivity contribution in [3.8, 4) is 5.75 Å². The molecule has 1 atom stereocenters. The first kappa shape index (κ1) is 12.5. The Balaban J connectivity index is 1.82. The lowest BCUT2D eigenvalue weighted by Gasteiger charge is -2.13. The number of carbonyl (C=O) groups is 1. The van der Waals surface area contributed by atoms with E-state index in [2.05, 4.69) is 10.3 Å². The molecule has 1 aromatic heterocycles. The molecule has 2 aromatic rings. The van der Waals surface area contributed by atoms with Crippen LogP contribution in [0.3, 0.4) is 0 Å². The molecule has 0 fully saturated rings. The Morgan fingerprint density at radius 3 is 3.10 bits per heavy atom. The number of hydrogen-bond acceptors (Lipinski definition) is 4. The first-order valence-corrected chi connectivity index (χ1v) is 6.40. The van der Waals surface area contributed by atoms with Crippen LogP contribution in [-0.4, -0.2) is 17.5 Å². The topological polar surface area (TPSA) is 77.2 Å². The van der Waals surface area contributed by atoms with Gasteiger partial charge in [-0.2, -0.15) is 0 Å². The van der Waals surface area contributed by atoms with Gasteiger partial charge < -0.3 is 15.8 Å². The standard InChI is InChI=1S/C15H15N3O2/c1-9-12(6-10(16)7-17-9)15(19)18-13-8-20-14-5-3-2-4-11(13)14/h2-7,13H,8,16H2,1H3,(H,18,19). The number of para-hydroxylation sites is 1. The first-order valence-electron chi connectivity index (χ1n) is 6.40. The Labute approximate surface area is 116 Å². The second kappa shape index (κ2) is 4.85. The van der Waals surface area contributed by atoms with Crippen LogP contribution in [0.2, 0.25) is 0 Å². The van der Waals surface area contributed by atoms with Crippen molar-refractivity contribution in [2.75, 3.05) is 12.3 Å². The number of rotatable bonds is 2. The van der Waals surface area contributed by atoms with E-state index in [1.54, 1.807) is 19.2 Å². The normalized spacial score (nSPS) is 16.4. The SMILES string of the molecule is Cc1ncc(N)cc1C(=O)NC1COc2ccccc21. The predicted octanol–water partition coefficient (Wildman–Crippen LogP) is 1.84. The summed E-state index contributed by atoms with van der Waals surface area (Å²) >= 11 is 0. The number of pyridine rings is 1. The summed E-state index contributed by atoms with van der Waals surface area (Å²) in [5.41, 5.74) is 8.31. The van der Waals surface area contributed by atoms with E-state index in [0.29, 0.717) is 23.6 Å². The number of nitrogens with two attached hydrogens (primary N) is 1. The van der Waals surface area contributed by atoms with Gasteiger partial charge in [0.05, 0.1) is 29.2 Å². The number of hydrogen-bond donors (Lipinski definition) is 2. The number of nitrogens with one attached hydrogen (secondary N) is 1. The predicted molar refractivity (Wildman–Crippen MR) is 75.5 cm³/mol. The molecule has 5 heteroatoms. The van der Waals surface area contributed by atoms with Gasteiger partial charge >= 0.3 is 0 Å². The molecule has 3 rings (SSSR count). The van der Waals surface area contributed by atoms with Crippen molar-refractivity contribution in [1.29, 1.82) is 0 Å². The Bertz CT molecular complexity index is 670. The Kier molecular flexibility index (Phi) is 3.02. The van der Waals surface area contributed by atoms with Gasteiger partial charge in [-0.05, 0) is 19.1 Å². The number of benzene rings is 1. The lowest BCUT2D eigenvalue weighted by Crippen LogP contribution is -2.30. The van der Waals surface area contributed by atoms with Gasteiger partial charge in [0.2, 0.25) is 0 Å². The Morgan fingerprint density at radius 2 is 2.25 bits per heavy atom. The van der Waals surface area contributed by atoms with Crippen LogP contribution < -0.4 is 15.8 Å². The van der Waals surface area contributed by atoms with Gasteiger partial charge in [-0.15, -0.1) is 0 Å². The van der Waals surface area contributed by atoms with Gasteiger partial charge in [0.25, 0.3) is 5.91 Å². The summed E-state index contributed by atoms with van der Waals surface area (Å²) in [5, 5.41) is 2.96. The molecule has 1 unspecified atom stereocenters. The largest absolute Gasteiger partial charge is 0.491 e. The van der Waals surface area contributed by atoms with Crippen LogP contribution in [0.25, 0.3) is 0 Å². The number of nitrogens with zero attached hydrogens (tertiary/aromatic N) is 1. The van der Waals surface area contributed by atoms with E-state index in [1.165, 1.54) is 0 Å². The van der Waals surface area contributed by atoms with Crippen LogP contribution in [0.15, 0.2) is 36.5 Å². The molecule has 0 radical (unpaired) electrons. The molecule has 1 aromatic carbocycles. The second-order valence-corrected chi connectivity index (χ2v) is 4.78. The Hall–Kier alpha value is -2.56. The number of aryl methyl sites for hydroxylation is 1. The number of nitrogen functional groups attached to an aromatic ring is 1.